The average molecular weight is 291 g/mol. The lowest BCUT2D eigenvalue weighted by Gasteiger charge is -2.24. The van der Waals surface area contributed by atoms with Crippen LogP contribution in [0.15, 0.2) is 24.3 Å². The number of aliphatic hydroxyl groups is 1. The van der Waals surface area contributed by atoms with Crippen LogP contribution in [0.1, 0.15) is 18.1 Å². The second kappa shape index (κ2) is 7.06. The van der Waals surface area contributed by atoms with Crippen molar-refractivity contribution < 1.29 is 23.0 Å². The number of nitrogens with one attached hydrogen (secondary N) is 1. The van der Waals surface area contributed by atoms with Crippen LogP contribution in [0.25, 0.3) is 0 Å². The maximum atomic E-state index is 12.4. The van der Waals surface area contributed by atoms with Crippen LogP contribution in [-0.4, -0.2) is 37.5 Å². The van der Waals surface area contributed by atoms with Crippen LogP contribution in [0.4, 0.5) is 13.2 Å². The maximum absolute atomic E-state index is 12.4. The summed E-state index contributed by atoms with van der Waals surface area (Å²) in [5.41, 5.74) is -1.04. The Morgan fingerprint density at radius 1 is 1.20 bits per heavy atom. The van der Waals surface area contributed by atoms with Gasteiger partial charge in [0.1, 0.15) is 0 Å². The first-order valence-corrected chi connectivity index (χ1v) is 6.33. The van der Waals surface area contributed by atoms with E-state index in [9.17, 15) is 18.3 Å². The van der Waals surface area contributed by atoms with E-state index >= 15 is 0 Å². The van der Waals surface area contributed by atoms with Gasteiger partial charge in [0.25, 0.3) is 0 Å². The zero-order chi connectivity index (χ0) is 15.2. The second-order valence-corrected chi connectivity index (χ2v) is 5.04. The molecule has 20 heavy (non-hydrogen) atoms. The SMILES string of the molecule is COCCNCC(C)(O)Cc1ccc(C(F)(F)F)cc1. The standard InChI is InChI=1S/C14H20F3NO2/c1-13(19,10-18-7-8-20-2)9-11-3-5-12(6-4-11)14(15,16)17/h3-6,18-19H,7-10H2,1-2H3. The van der Waals surface area contributed by atoms with Crippen molar-refractivity contribution in [2.45, 2.75) is 25.1 Å². The molecule has 0 fully saturated rings. The van der Waals surface area contributed by atoms with Crippen LogP contribution < -0.4 is 5.32 Å². The molecule has 1 unspecified atom stereocenters. The number of alkyl halides is 3. The third kappa shape index (κ3) is 5.90. The van der Waals surface area contributed by atoms with Crippen molar-refractivity contribution in [2.24, 2.45) is 0 Å². The number of halogens is 3. The van der Waals surface area contributed by atoms with Gasteiger partial charge in [0.2, 0.25) is 0 Å². The smallest absolute Gasteiger partial charge is 0.389 e. The summed E-state index contributed by atoms with van der Waals surface area (Å²) in [7, 11) is 1.59. The molecule has 0 aliphatic carbocycles. The molecular weight excluding hydrogens is 271 g/mol. The third-order valence-corrected chi connectivity index (χ3v) is 2.86. The third-order valence-electron chi connectivity index (χ3n) is 2.86. The van der Waals surface area contributed by atoms with E-state index in [1.165, 1.54) is 12.1 Å². The van der Waals surface area contributed by atoms with Gasteiger partial charge in [-0.05, 0) is 24.6 Å². The summed E-state index contributed by atoms with van der Waals surface area (Å²) in [6, 6.07) is 4.85. The number of ether oxygens (including phenoxy) is 1. The van der Waals surface area contributed by atoms with Crippen LogP contribution in [-0.2, 0) is 17.3 Å². The summed E-state index contributed by atoms with van der Waals surface area (Å²) in [5, 5.41) is 13.2. The molecule has 1 rings (SSSR count). The summed E-state index contributed by atoms with van der Waals surface area (Å²) in [6.45, 7) is 3.14. The summed E-state index contributed by atoms with van der Waals surface area (Å²) >= 11 is 0. The molecule has 2 N–H and O–H groups in total. The van der Waals surface area contributed by atoms with Gasteiger partial charge in [-0.3, -0.25) is 0 Å². The fourth-order valence-corrected chi connectivity index (χ4v) is 1.85. The normalized spacial score (nSPS) is 15.1. The highest BCUT2D eigenvalue weighted by Crippen LogP contribution is 2.29. The molecule has 114 valence electrons. The monoisotopic (exact) mass is 291 g/mol. The Bertz CT molecular complexity index is 402. The zero-order valence-corrected chi connectivity index (χ0v) is 11.6. The summed E-state index contributed by atoms with van der Waals surface area (Å²) in [5.74, 6) is 0. The van der Waals surface area contributed by atoms with Crippen LogP contribution in [0.5, 0.6) is 0 Å². The number of hydrogen-bond acceptors (Lipinski definition) is 3. The second-order valence-electron chi connectivity index (χ2n) is 5.04. The zero-order valence-electron chi connectivity index (χ0n) is 11.6. The van der Waals surface area contributed by atoms with E-state index in [0.717, 1.165) is 12.1 Å². The van der Waals surface area contributed by atoms with E-state index in [0.29, 0.717) is 25.3 Å². The van der Waals surface area contributed by atoms with Crippen molar-refractivity contribution in [1.82, 2.24) is 5.32 Å². The summed E-state index contributed by atoms with van der Waals surface area (Å²) in [6.07, 6.45) is -4.05. The highest BCUT2D eigenvalue weighted by Gasteiger charge is 2.30. The highest BCUT2D eigenvalue weighted by atomic mass is 19.4. The molecule has 0 spiro atoms. The minimum Gasteiger partial charge on any atom is -0.389 e. The van der Waals surface area contributed by atoms with E-state index in [1.807, 2.05) is 0 Å². The van der Waals surface area contributed by atoms with Crippen LogP contribution >= 0.6 is 0 Å². The van der Waals surface area contributed by atoms with Crippen molar-refractivity contribution in [3.05, 3.63) is 35.4 Å². The predicted molar refractivity (Wildman–Crippen MR) is 70.5 cm³/mol. The predicted octanol–water partition coefficient (Wildman–Crippen LogP) is 2.23. The lowest BCUT2D eigenvalue weighted by molar-refractivity contribution is -0.137. The van der Waals surface area contributed by atoms with E-state index in [2.05, 4.69) is 5.32 Å². The summed E-state index contributed by atoms with van der Waals surface area (Å²) < 4.78 is 42.1. The molecule has 6 heteroatoms. The van der Waals surface area contributed by atoms with E-state index < -0.39 is 17.3 Å². The number of rotatable bonds is 7. The fourth-order valence-electron chi connectivity index (χ4n) is 1.85. The first-order chi connectivity index (χ1) is 9.24. The largest absolute Gasteiger partial charge is 0.416 e. The van der Waals surface area contributed by atoms with Gasteiger partial charge >= 0.3 is 6.18 Å². The van der Waals surface area contributed by atoms with Gasteiger partial charge in [-0.25, -0.2) is 0 Å². The lowest BCUT2D eigenvalue weighted by atomic mass is 9.96. The Morgan fingerprint density at radius 2 is 1.80 bits per heavy atom. The van der Waals surface area contributed by atoms with Crippen molar-refractivity contribution in [3.8, 4) is 0 Å². The first-order valence-electron chi connectivity index (χ1n) is 6.33. The molecule has 1 atom stereocenters. The molecule has 0 saturated carbocycles. The van der Waals surface area contributed by atoms with E-state index in [1.54, 1.807) is 14.0 Å². The van der Waals surface area contributed by atoms with Gasteiger partial charge in [0.05, 0.1) is 17.8 Å². The summed E-state index contributed by atoms with van der Waals surface area (Å²) in [4.78, 5) is 0. The minimum atomic E-state index is -4.33. The molecule has 0 heterocycles. The lowest BCUT2D eigenvalue weighted by Crippen LogP contribution is -2.40. The number of benzene rings is 1. The Balaban J connectivity index is 2.54. The number of methoxy groups -OCH3 is 1. The van der Waals surface area contributed by atoms with E-state index in [-0.39, 0.29) is 6.42 Å². The van der Waals surface area contributed by atoms with Crippen molar-refractivity contribution in [3.63, 3.8) is 0 Å². The Labute approximate surface area is 116 Å². The van der Waals surface area contributed by atoms with Gasteiger partial charge in [0, 0.05) is 26.6 Å². The molecule has 0 aromatic heterocycles. The highest BCUT2D eigenvalue weighted by molar-refractivity contribution is 5.25. The molecule has 0 saturated heterocycles. The average Bonchev–Trinajstić information content (AvgIpc) is 2.34. The van der Waals surface area contributed by atoms with Gasteiger partial charge in [-0.2, -0.15) is 13.2 Å². The molecule has 0 aliphatic rings. The molecule has 0 bridgehead atoms. The first kappa shape index (κ1) is 16.9. The Morgan fingerprint density at radius 3 is 2.30 bits per heavy atom. The number of hydrogen-bond donors (Lipinski definition) is 2. The minimum absolute atomic E-state index is 0.283. The van der Waals surface area contributed by atoms with Crippen molar-refractivity contribution in [2.75, 3.05) is 26.8 Å². The molecule has 0 radical (unpaired) electrons. The van der Waals surface area contributed by atoms with Crippen LogP contribution in [0, 0.1) is 0 Å². The molecule has 1 aromatic carbocycles. The molecule has 1 aromatic rings. The molecule has 0 aliphatic heterocycles. The van der Waals surface area contributed by atoms with Gasteiger partial charge in [-0.15, -0.1) is 0 Å². The Kier molecular flexibility index (Phi) is 5.98. The van der Waals surface area contributed by atoms with E-state index in [4.69, 9.17) is 4.74 Å². The topological polar surface area (TPSA) is 41.5 Å². The van der Waals surface area contributed by atoms with Gasteiger partial charge in [-0.1, -0.05) is 12.1 Å². The Hall–Kier alpha value is -1.11. The molecule has 3 nitrogen and oxygen atoms in total. The van der Waals surface area contributed by atoms with Crippen molar-refractivity contribution in [1.29, 1.82) is 0 Å². The fraction of sp³-hybridized carbons (Fsp3) is 0.571. The van der Waals surface area contributed by atoms with Crippen molar-refractivity contribution >= 4 is 0 Å². The molecular formula is C14H20F3NO2. The maximum Gasteiger partial charge on any atom is 0.416 e. The van der Waals surface area contributed by atoms with Crippen LogP contribution in [0.3, 0.4) is 0 Å². The van der Waals surface area contributed by atoms with Gasteiger partial charge in [0.15, 0.2) is 0 Å². The van der Waals surface area contributed by atoms with Gasteiger partial charge < -0.3 is 15.2 Å². The quantitative estimate of drug-likeness (QED) is 0.757. The van der Waals surface area contributed by atoms with Crippen LogP contribution in [0.2, 0.25) is 0 Å². The molecule has 0 amide bonds.